The number of anilines is 3. The molecular weight excluding hydrogens is 891 g/mol. The molecule has 0 aliphatic heterocycles. The van der Waals surface area contributed by atoms with Crippen molar-refractivity contribution in [1.29, 1.82) is 0 Å². The summed E-state index contributed by atoms with van der Waals surface area (Å²) in [5, 5.41) is 2.46. The Morgan fingerprint density at radius 3 is 1.39 bits per heavy atom. The van der Waals surface area contributed by atoms with Crippen LogP contribution in [0.3, 0.4) is 0 Å². The summed E-state index contributed by atoms with van der Waals surface area (Å²) in [5.41, 5.74) is 23.8. The standard InChI is InChI=1S/C73H49N/c1-6-25-49(26-7-1)68(50-27-8-2-9-28-50)52-45-46-59-57-37-18-22-42-63(57)73(65(59)47-52)64-43-23-20-39-61(64)69-56-36-17-16-29-51(56)48-67(71(69)73)74(55-34-14-5-15-35-55)66-44-24-40-60-58-38-19-21-41-62(58)72(70(60)66,53-30-10-3-11-31-53)54-32-12-4-13-33-54/h1-48,68H. The van der Waals surface area contributed by atoms with E-state index in [2.05, 4.69) is 296 Å². The van der Waals surface area contributed by atoms with Crippen LogP contribution in [0, 0.1) is 0 Å². The van der Waals surface area contributed by atoms with Gasteiger partial charge < -0.3 is 4.90 Å². The van der Waals surface area contributed by atoms with Gasteiger partial charge in [-0.2, -0.15) is 0 Å². The lowest BCUT2D eigenvalue weighted by Gasteiger charge is -2.40. The maximum atomic E-state index is 2.64. The molecule has 0 heterocycles. The highest BCUT2D eigenvalue weighted by Gasteiger charge is 2.55. The Hall–Kier alpha value is -9.30. The van der Waals surface area contributed by atoms with Gasteiger partial charge >= 0.3 is 0 Å². The molecule has 0 radical (unpaired) electrons. The van der Waals surface area contributed by atoms with Crippen molar-refractivity contribution < 1.29 is 0 Å². The summed E-state index contributed by atoms with van der Waals surface area (Å²) in [5.74, 6) is 0.0223. The predicted molar refractivity (Wildman–Crippen MR) is 306 cm³/mol. The summed E-state index contributed by atoms with van der Waals surface area (Å²) in [6, 6.07) is 110. The Labute approximate surface area is 433 Å². The van der Waals surface area contributed by atoms with Crippen molar-refractivity contribution in [2.24, 2.45) is 0 Å². The molecule has 0 bridgehead atoms. The maximum absolute atomic E-state index is 2.64. The second-order valence-corrected chi connectivity index (χ2v) is 20.2. The van der Waals surface area contributed by atoms with Gasteiger partial charge in [0, 0.05) is 22.7 Å². The zero-order valence-electron chi connectivity index (χ0n) is 40.7. The highest BCUT2D eigenvalue weighted by Crippen LogP contribution is 2.68. The minimum atomic E-state index is -0.699. The van der Waals surface area contributed by atoms with E-state index in [4.69, 9.17) is 0 Å². The molecule has 12 aromatic rings. The van der Waals surface area contributed by atoms with Crippen molar-refractivity contribution in [3.63, 3.8) is 0 Å². The van der Waals surface area contributed by atoms with Crippen molar-refractivity contribution in [2.75, 3.05) is 4.90 Å². The van der Waals surface area contributed by atoms with Gasteiger partial charge in [0.15, 0.2) is 0 Å². The highest BCUT2D eigenvalue weighted by molar-refractivity contribution is 6.11. The molecular formula is C73H49N. The Kier molecular flexibility index (Phi) is 9.53. The predicted octanol–water partition coefficient (Wildman–Crippen LogP) is 18.2. The lowest BCUT2D eigenvalue weighted by Crippen LogP contribution is -2.32. The molecule has 0 aromatic heterocycles. The number of nitrogens with zero attached hydrogens (tertiary/aromatic N) is 1. The van der Waals surface area contributed by atoms with Gasteiger partial charge in [-0.3, -0.25) is 0 Å². The molecule has 15 rings (SSSR count). The lowest BCUT2D eigenvalue weighted by molar-refractivity contribution is 0.766. The van der Waals surface area contributed by atoms with Crippen molar-refractivity contribution in [1.82, 2.24) is 0 Å². The van der Waals surface area contributed by atoms with Crippen molar-refractivity contribution in [2.45, 2.75) is 16.7 Å². The molecule has 74 heavy (non-hydrogen) atoms. The molecule has 12 aromatic carbocycles. The Balaban J connectivity index is 1.10. The largest absolute Gasteiger partial charge is 0.310 e. The summed E-state index contributed by atoms with van der Waals surface area (Å²) in [6.07, 6.45) is 0. The van der Waals surface area contributed by atoms with E-state index in [0.29, 0.717) is 0 Å². The van der Waals surface area contributed by atoms with Crippen molar-refractivity contribution in [3.8, 4) is 33.4 Å². The fourth-order valence-electron chi connectivity index (χ4n) is 13.9. The molecule has 1 heteroatoms. The molecule has 0 amide bonds. The number of hydrogen-bond donors (Lipinski definition) is 0. The third-order valence-corrected chi connectivity index (χ3v) is 16.6. The number of para-hydroxylation sites is 1. The highest BCUT2D eigenvalue weighted by atomic mass is 15.2. The molecule has 0 fully saturated rings. The Morgan fingerprint density at radius 2 is 0.757 bits per heavy atom. The van der Waals surface area contributed by atoms with Gasteiger partial charge in [0.1, 0.15) is 0 Å². The average molecular weight is 940 g/mol. The molecule has 0 saturated carbocycles. The number of fused-ring (bicyclic) bond motifs is 15. The molecule has 3 aliphatic carbocycles. The van der Waals surface area contributed by atoms with Crippen LogP contribution >= 0.6 is 0 Å². The molecule has 0 saturated heterocycles. The fourth-order valence-corrected chi connectivity index (χ4v) is 13.9. The second kappa shape index (κ2) is 16.6. The first-order chi connectivity index (χ1) is 36.8. The van der Waals surface area contributed by atoms with Crippen LogP contribution in [0.15, 0.2) is 291 Å². The van der Waals surface area contributed by atoms with Crippen LogP contribution in [-0.2, 0) is 10.8 Å². The molecule has 3 aliphatic rings. The van der Waals surface area contributed by atoms with E-state index in [1.807, 2.05) is 0 Å². The molecule has 1 atom stereocenters. The van der Waals surface area contributed by atoms with Crippen LogP contribution in [0.25, 0.3) is 44.2 Å². The van der Waals surface area contributed by atoms with E-state index in [0.717, 1.165) is 17.1 Å². The monoisotopic (exact) mass is 939 g/mol. The van der Waals surface area contributed by atoms with Gasteiger partial charge in [-0.1, -0.05) is 267 Å². The van der Waals surface area contributed by atoms with Gasteiger partial charge in [-0.05, 0) is 118 Å². The van der Waals surface area contributed by atoms with Gasteiger partial charge in [0.2, 0.25) is 0 Å². The van der Waals surface area contributed by atoms with E-state index in [1.165, 1.54) is 105 Å². The van der Waals surface area contributed by atoms with Crippen LogP contribution in [-0.4, -0.2) is 0 Å². The summed E-state index contributed by atoms with van der Waals surface area (Å²) in [7, 11) is 0. The van der Waals surface area contributed by atoms with Crippen molar-refractivity contribution >= 4 is 27.8 Å². The van der Waals surface area contributed by atoms with Gasteiger partial charge in [0.25, 0.3) is 0 Å². The fraction of sp³-hybridized carbons (Fsp3) is 0.0411. The van der Waals surface area contributed by atoms with Crippen LogP contribution < -0.4 is 4.90 Å². The van der Waals surface area contributed by atoms with Crippen LogP contribution in [0.2, 0.25) is 0 Å². The molecule has 346 valence electrons. The summed E-state index contributed by atoms with van der Waals surface area (Å²) in [4.78, 5) is 2.64. The molecule has 0 N–H and O–H groups in total. The Morgan fingerprint density at radius 1 is 0.284 bits per heavy atom. The number of benzene rings is 12. The third-order valence-electron chi connectivity index (χ3n) is 16.6. The first-order valence-corrected chi connectivity index (χ1v) is 26.0. The summed E-state index contributed by atoms with van der Waals surface area (Å²) in [6.45, 7) is 0. The first-order valence-electron chi connectivity index (χ1n) is 26.0. The van der Waals surface area contributed by atoms with Crippen LogP contribution in [0.5, 0.6) is 0 Å². The van der Waals surface area contributed by atoms with Gasteiger partial charge in [0.05, 0.1) is 22.2 Å². The summed E-state index contributed by atoms with van der Waals surface area (Å²) >= 11 is 0. The van der Waals surface area contributed by atoms with Gasteiger partial charge in [-0.25, -0.2) is 0 Å². The maximum Gasteiger partial charge on any atom is 0.0746 e. The van der Waals surface area contributed by atoms with Gasteiger partial charge in [-0.15, -0.1) is 0 Å². The topological polar surface area (TPSA) is 3.24 Å². The van der Waals surface area contributed by atoms with Crippen LogP contribution in [0.1, 0.15) is 67.1 Å². The molecule has 1 unspecified atom stereocenters. The SMILES string of the molecule is c1ccc(C(c2ccccc2)c2ccc3c(c2)C2(c4ccccc4-3)c3ccccc3-c3c2c(N(c2ccccc2)c2cccc4c2C(c2ccccc2)(c2ccccc2)c2ccccc2-4)cc2ccccc32)cc1. The minimum absolute atomic E-state index is 0.0223. The van der Waals surface area contributed by atoms with E-state index in [-0.39, 0.29) is 5.92 Å². The zero-order chi connectivity index (χ0) is 48.8. The number of hydrogen-bond acceptors (Lipinski definition) is 1. The van der Waals surface area contributed by atoms with E-state index < -0.39 is 10.8 Å². The number of rotatable bonds is 8. The normalized spacial score (nSPS) is 15.0. The Bertz CT molecular complexity index is 4050. The lowest BCUT2D eigenvalue weighted by atomic mass is 9.67. The van der Waals surface area contributed by atoms with Crippen LogP contribution in [0.4, 0.5) is 17.1 Å². The van der Waals surface area contributed by atoms with E-state index in [9.17, 15) is 0 Å². The summed E-state index contributed by atoms with van der Waals surface area (Å²) < 4.78 is 0. The van der Waals surface area contributed by atoms with E-state index >= 15 is 0 Å². The molecule has 1 spiro atoms. The second-order valence-electron chi connectivity index (χ2n) is 20.2. The quantitative estimate of drug-likeness (QED) is 0.137. The average Bonchev–Trinajstić information content (AvgIpc) is 4.12. The zero-order valence-corrected chi connectivity index (χ0v) is 40.7. The minimum Gasteiger partial charge on any atom is -0.310 e. The molecule has 1 nitrogen and oxygen atoms in total. The van der Waals surface area contributed by atoms with Crippen molar-refractivity contribution in [3.05, 3.63) is 352 Å². The van der Waals surface area contributed by atoms with E-state index in [1.54, 1.807) is 0 Å². The first kappa shape index (κ1) is 42.4. The smallest absolute Gasteiger partial charge is 0.0746 e. The third kappa shape index (κ3) is 5.87.